The maximum atomic E-state index is 9.07. The summed E-state index contributed by atoms with van der Waals surface area (Å²) in [4.78, 5) is 2.35. The van der Waals surface area contributed by atoms with Crippen LogP contribution in [0.1, 0.15) is 19.4 Å². The molecule has 0 aliphatic heterocycles. The highest BCUT2D eigenvalue weighted by Gasteiger charge is 2.06. The Kier molecular flexibility index (Phi) is 10.7. The van der Waals surface area contributed by atoms with Crippen molar-refractivity contribution in [1.29, 1.82) is 0 Å². The van der Waals surface area contributed by atoms with Crippen LogP contribution in [0.25, 0.3) is 0 Å². The van der Waals surface area contributed by atoms with Gasteiger partial charge in [-0.05, 0) is 25.2 Å². The third-order valence-electron chi connectivity index (χ3n) is 2.72. The van der Waals surface area contributed by atoms with Crippen molar-refractivity contribution >= 4 is 32.7 Å². The van der Waals surface area contributed by atoms with E-state index in [1.54, 1.807) is 11.8 Å². The average Bonchev–Trinajstić information content (AvgIpc) is 2.41. The smallest absolute Gasteiger partial charge is 0.143 e. The molecule has 0 aromatic heterocycles. The third-order valence-corrected chi connectivity index (χ3v) is 4.23. The van der Waals surface area contributed by atoms with Gasteiger partial charge in [0.2, 0.25) is 0 Å². The van der Waals surface area contributed by atoms with E-state index >= 15 is 0 Å². The molecule has 0 atom stereocenters. The van der Waals surface area contributed by atoms with Crippen molar-refractivity contribution in [2.45, 2.75) is 13.8 Å². The first-order valence-corrected chi connectivity index (χ1v) is 7.82. The average molecular weight is 411 g/mol. The summed E-state index contributed by atoms with van der Waals surface area (Å²) in [6, 6.07) is 7.80. The van der Waals surface area contributed by atoms with Crippen molar-refractivity contribution < 1.29 is 22.2 Å². The Balaban J connectivity index is 0.00000324. The largest absolute Gasteiger partial charge is 1.00 e. The lowest BCUT2D eigenvalue weighted by Crippen LogP contribution is -3.00. The summed E-state index contributed by atoms with van der Waals surface area (Å²) in [5.74, 6) is 0.928. The number of hydrogen-bond acceptors (Lipinski definition) is 4. The quantitative estimate of drug-likeness (QED) is 0.324. The molecule has 0 radical (unpaired) electrons. The van der Waals surface area contributed by atoms with E-state index in [0.29, 0.717) is 5.04 Å². The Labute approximate surface area is 138 Å². The molecular formula is C13H19Br2N2OS-. The minimum Gasteiger partial charge on any atom is -1.00 e. The molecule has 1 aromatic rings. The van der Waals surface area contributed by atoms with Gasteiger partial charge in [-0.1, -0.05) is 47.1 Å². The van der Waals surface area contributed by atoms with Crippen LogP contribution >= 0.6 is 27.7 Å². The van der Waals surface area contributed by atoms with Gasteiger partial charge in [0.25, 0.3) is 0 Å². The molecule has 1 aromatic carbocycles. The molecule has 0 fully saturated rings. The highest BCUT2D eigenvalue weighted by atomic mass is 79.9. The molecule has 108 valence electrons. The Morgan fingerprint density at radius 3 is 2.32 bits per heavy atom. The van der Waals surface area contributed by atoms with E-state index in [0.717, 1.165) is 35.4 Å². The summed E-state index contributed by atoms with van der Waals surface area (Å²) in [7, 11) is 0. The van der Waals surface area contributed by atoms with Crippen LogP contribution in [-0.4, -0.2) is 40.5 Å². The fourth-order valence-electron chi connectivity index (χ4n) is 1.57. The predicted molar refractivity (Wildman–Crippen MR) is 82.7 cm³/mol. The molecule has 1 N–H and O–H groups in total. The van der Waals surface area contributed by atoms with E-state index in [2.05, 4.69) is 39.8 Å². The van der Waals surface area contributed by atoms with Gasteiger partial charge >= 0.3 is 0 Å². The van der Waals surface area contributed by atoms with E-state index in [1.165, 1.54) is 0 Å². The first-order chi connectivity index (χ1) is 8.71. The maximum Gasteiger partial charge on any atom is 0.143 e. The summed E-state index contributed by atoms with van der Waals surface area (Å²) in [5.41, 5.74) is 0.949. The number of rotatable bonds is 6. The number of halogens is 2. The standard InChI is InChI=1S/C13H19BrN2OS.BrH/c1-3-16(4-2)9-10-18-13(15-17)11-5-7-12(14)8-6-11;/h5-8,17H,3-4,9-10H2,1-2H3;1H/p-1/b15-13+;. The molecule has 3 nitrogen and oxygen atoms in total. The summed E-state index contributed by atoms with van der Waals surface area (Å²) >= 11 is 4.97. The Bertz CT molecular complexity index is 381. The summed E-state index contributed by atoms with van der Waals surface area (Å²) in [6.07, 6.45) is 0. The second-order valence-corrected chi connectivity index (χ2v) is 5.79. The van der Waals surface area contributed by atoms with Gasteiger partial charge in [-0.25, -0.2) is 0 Å². The number of hydrogen-bond donors (Lipinski definition) is 1. The van der Waals surface area contributed by atoms with Crippen molar-refractivity contribution in [3.8, 4) is 0 Å². The second kappa shape index (κ2) is 10.7. The van der Waals surface area contributed by atoms with Crippen LogP contribution in [0.4, 0.5) is 0 Å². The molecule has 0 bridgehead atoms. The first-order valence-electron chi connectivity index (χ1n) is 6.04. The molecule has 0 spiro atoms. The van der Waals surface area contributed by atoms with E-state index in [9.17, 15) is 0 Å². The van der Waals surface area contributed by atoms with Gasteiger partial charge in [-0.3, -0.25) is 0 Å². The van der Waals surface area contributed by atoms with Crippen molar-refractivity contribution in [2.75, 3.05) is 25.4 Å². The lowest BCUT2D eigenvalue weighted by Gasteiger charge is -2.17. The monoisotopic (exact) mass is 409 g/mol. The predicted octanol–water partition coefficient (Wildman–Crippen LogP) is 0.664. The lowest BCUT2D eigenvalue weighted by molar-refractivity contribution is -0.00000447. The molecule has 0 amide bonds. The summed E-state index contributed by atoms with van der Waals surface area (Å²) in [6.45, 7) is 7.43. The van der Waals surface area contributed by atoms with Crippen molar-refractivity contribution in [3.63, 3.8) is 0 Å². The molecule has 1 rings (SSSR count). The zero-order chi connectivity index (χ0) is 13.4. The van der Waals surface area contributed by atoms with Gasteiger partial charge in [-0.2, -0.15) is 0 Å². The molecule has 0 saturated carbocycles. The summed E-state index contributed by atoms with van der Waals surface area (Å²) in [5, 5.41) is 13.1. The Morgan fingerprint density at radius 2 is 1.84 bits per heavy atom. The zero-order valence-electron chi connectivity index (χ0n) is 11.1. The van der Waals surface area contributed by atoms with Crippen LogP contribution in [0.2, 0.25) is 0 Å². The lowest BCUT2D eigenvalue weighted by atomic mass is 10.2. The van der Waals surface area contributed by atoms with Crippen molar-refractivity contribution in [3.05, 3.63) is 34.3 Å². The van der Waals surface area contributed by atoms with E-state index in [1.807, 2.05) is 24.3 Å². The van der Waals surface area contributed by atoms with Crippen LogP contribution in [-0.2, 0) is 0 Å². The van der Waals surface area contributed by atoms with Crippen molar-refractivity contribution in [1.82, 2.24) is 4.90 Å². The third kappa shape index (κ3) is 6.79. The minimum absolute atomic E-state index is 0. The number of thioether (sulfide) groups is 1. The van der Waals surface area contributed by atoms with Crippen molar-refractivity contribution in [2.24, 2.45) is 5.16 Å². The SMILES string of the molecule is CCN(CC)CCS/C(=N/O)c1ccc(Br)cc1.[Br-]. The maximum absolute atomic E-state index is 9.07. The zero-order valence-corrected chi connectivity index (χ0v) is 15.1. The normalized spacial score (nSPS) is 11.5. The molecule has 0 aliphatic carbocycles. The fraction of sp³-hybridized carbons (Fsp3) is 0.462. The summed E-state index contributed by atoms with van der Waals surface area (Å²) < 4.78 is 1.02. The highest BCUT2D eigenvalue weighted by molar-refractivity contribution is 9.10. The molecule has 19 heavy (non-hydrogen) atoms. The van der Waals surface area contributed by atoms with Gasteiger partial charge in [0.1, 0.15) is 5.04 Å². The van der Waals surface area contributed by atoms with E-state index < -0.39 is 0 Å². The Morgan fingerprint density at radius 1 is 1.26 bits per heavy atom. The van der Waals surface area contributed by atoms with Gasteiger partial charge < -0.3 is 27.1 Å². The van der Waals surface area contributed by atoms with E-state index in [-0.39, 0.29) is 17.0 Å². The number of oxime groups is 1. The number of nitrogens with zero attached hydrogens (tertiary/aromatic N) is 2. The second-order valence-electron chi connectivity index (χ2n) is 3.79. The highest BCUT2D eigenvalue weighted by Crippen LogP contribution is 2.17. The first kappa shape index (κ1) is 19.0. The van der Waals surface area contributed by atoms with Crippen LogP contribution < -0.4 is 17.0 Å². The molecule has 0 heterocycles. The molecule has 6 heteroatoms. The van der Waals surface area contributed by atoms with Gasteiger partial charge in [0.15, 0.2) is 0 Å². The van der Waals surface area contributed by atoms with Crippen LogP contribution in [0.15, 0.2) is 33.9 Å². The minimum atomic E-state index is 0. The number of benzene rings is 1. The molecule has 0 unspecified atom stereocenters. The van der Waals surface area contributed by atoms with Gasteiger partial charge in [0.05, 0.1) is 0 Å². The van der Waals surface area contributed by atoms with Gasteiger partial charge in [-0.15, -0.1) is 11.8 Å². The topological polar surface area (TPSA) is 35.8 Å². The Hall–Kier alpha value is -0.0400. The van der Waals surface area contributed by atoms with Crippen LogP contribution in [0.3, 0.4) is 0 Å². The van der Waals surface area contributed by atoms with Crippen LogP contribution in [0.5, 0.6) is 0 Å². The van der Waals surface area contributed by atoms with Crippen LogP contribution in [0, 0.1) is 0 Å². The fourth-order valence-corrected chi connectivity index (χ4v) is 2.74. The van der Waals surface area contributed by atoms with Gasteiger partial charge in [0, 0.05) is 22.3 Å². The van der Waals surface area contributed by atoms with E-state index in [4.69, 9.17) is 5.21 Å². The molecule has 0 aliphatic rings. The molecule has 0 saturated heterocycles. The molecular weight excluding hydrogens is 392 g/mol.